The van der Waals surface area contributed by atoms with Gasteiger partial charge in [0.15, 0.2) is 0 Å². The number of benzene rings is 1. The largest absolute Gasteiger partial charge is 0.330 e. The van der Waals surface area contributed by atoms with Gasteiger partial charge in [-0.15, -0.1) is 0 Å². The summed E-state index contributed by atoms with van der Waals surface area (Å²) in [7, 11) is 2.93. The fraction of sp³-hybridized carbons (Fsp3) is 0.111. The predicted octanol–water partition coefficient (Wildman–Crippen LogP) is 0.922. The number of hydrogen-bond donors (Lipinski definition) is 1. The molecule has 1 aromatic carbocycles. The summed E-state index contributed by atoms with van der Waals surface area (Å²) in [5.74, 6) is -0.390. The SMILES string of the molecule is Cn1cc(C=CC(=O)Nc2cccc(-n3cccn3)c2)c(=O)n(C)c1=O. The van der Waals surface area contributed by atoms with Crippen molar-refractivity contribution >= 4 is 17.7 Å². The predicted molar refractivity (Wildman–Crippen MR) is 98.2 cm³/mol. The highest BCUT2D eigenvalue weighted by atomic mass is 16.2. The number of carbonyl (C=O) groups excluding carboxylic acids is 1. The van der Waals surface area contributed by atoms with Crippen molar-refractivity contribution in [3.05, 3.63) is 81.4 Å². The van der Waals surface area contributed by atoms with Crippen LogP contribution in [0.4, 0.5) is 5.69 Å². The first-order chi connectivity index (χ1) is 12.5. The van der Waals surface area contributed by atoms with E-state index < -0.39 is 17.2 Å². The van der Waals surface area contributed by atoms with Gasteiger partial charge < -0.3 is 9.88 Å². The first-order valence-corrected chi connectivity index (χ1v) is 7.81. The van der Waals surface area contributed by atoms with Gasteiger partial charge in [-0.3, -0.25) is 14.2 Å². The van der Waals surface area contributed by atoms with E-state index >= 15 is 0 Å². The number of anilines is 1. The first-order valence-electron chi connectivity index (χ1n) is 7.81. The minimum absolute atomic E-state index is 0.245. The van der Waals surface area contributed by atoms with Gasteiger partial charge in [0, 0.05) is 44.4 Å². The van der Waals surface area contributed by atoms with Crippen molar-refractivity contribution in [3.8, 4) is 5.69 Å². The molecule has 0 unspecified atom stereocenters. The third kappa shape index (κ3) is 3.54. The highest BCUT2D eigenvalue weighted by molar-refractivity contribution is 6.02. The molecule has 0 atom stereocenters. The smallest absolute Gasteiger partial charge is 0.322 e. The van der Waals surface area contributed by atoms with Crippen molar-refractivity contribution in [2.75, 3.05) is 5.32 Å². The van der Waals surface area contributed by atoms with Gasteiger partial charge in [-0.05, 0) is 30.3 Å². The summed E-state index contributed by atoms with van der Waals surface area (Å²) < 4.78 is 3.96. The lowest BCUT2D eigenvalue weighted by Crippen LogP contribution is -2.37. The van der Waals surface area contributed by atoms with Crippen LogP contribution in [0.5, 0.6) is 0 Å². The molecule has 0 aliphatic carbocycles. The van der Waals surface area contributed by atoms with Gasteiger partial charge in [-0.25, -0.2) is 9.48 Å². The molecule has 0 fully saturated rings. The molecule has 0 spiro atoms. The van der Waals surface area contributed by atoms with Gasteiger partial charge >= 0.3 is 5.69 Å². The molecule has 132 valence electrons. The molecule has 0 radical (unpaired) electrons. The van der Waals surface area contributed by atoms with E-state index in [0.29, 0.717) is 5.69 Å². The molecule has 8 heteroatoms. The van der Waals surface area contributed by atoms with E-state index in [9.17, 15) is 14.4 Å². The van der Waals surface area contributed by atoms with E-state index in [1.807, 2.05) is 12.1 Å². The Morgan fingerprint density at radius 1 is 1.19 bits per heavy atom. The quantitative estimate of drug-likeness (QED) is 0.708. The fourth-order valence-electron chi connectivity index (χ4n) is 2.45. The number of carbonyl (C=O) groups is 1. The molecule has 1 N–H and O–H groups in total. The molecule has 3 rings (SSSR count). The summed E-state index contributed by atoms with van der Waals surface area (Å²) in [6, 6.07) is 9.02. The van der Waals surface area contributed by atoms with Crippen molar-refractivity contribution in [3.63, 3.8) is 0 Å². The zero-order chi connectivity index (χ0) is 18.7. The van der Waals surface area contributed by atoms with Crippen LogP contribution in [0.1, 0.15) is 5.56 Å². The molecule has 0 saturated heterocycles. The lowest BCUT2D eigenvalue weighted by atomic mass is 10.2. The number of aryl methyl sites for hydroxylation is 1. The van der Waals surface area contributed by atoms with Crippen LogP contribution < -0.4 is 16.6 Å². The Bertz CT molecular complexity index is 1090. The number of nitrogens with one attached hydrogen (secondary N) is 1. The maximum absolute atomic E-state index is 12.1. The normalized spacial score (nSPS) is 11.0. The van der Waals surface area contributed by atoms with E-state index in [0.717, 1.165) is 10.3 Å². The van der Waals surface area contributed by atoms with E-state index in [-0.39, 0.29) is 5.56 Å². The highest BCUT2D eigenvalue weighted by Crippen LogP contribution is 2.14. The summed E-state index contributed by atoms with van der Waals surface area (Å²) >= 11 is 0. The molecule has 2 heterocycles. The van der Waals surface area contributed by atoms with Gasteiger partial charge in [-0.1, -0.05) is 6.07 Å². The average Bonchev–Trinajstić information content (AvgIpc) is 3.17. The summed E-state index contributed by atoms with van der Waals surface area (Å²) in [6.45, 7) is 0. The summed E-state index contributed by atoms with van der Waals surface area (Å²) in [6.07, 6.45) is 7.50. The summed E-state index contributed by atoms with van der Waals surface area (Å²) in [5.41, 5.74) is 0.768. The monoisotopic (exact) mass is 351 g/mol. The minimum Gasteiger partial charge on any atom is -0.322 e. The van der Waals surface area contributed by atoms with Crippen LogP contribution >= 0.6 is 0 Å². The van der Waals surface area contributed by atoms with Gasteiger partial charge in [0.2, 0.25) is 5.91 Å². The van der Waals surface area contributed by atoms with Crippen molar-refractivity contribution in [2.45, 2.75) is 0 Å². The van der Waals surface area contributed by atoms with E-state index in [4.69, 9.17) is 0 Å². The first kappa shape index (κ1) is 17.2. The van der Waals surface area contributed by atoms with E-state index in [2.05, 4.69) is 10.4 Å². The molecule has 0 saturated carbocycles. The van der Waals surface area contributed by atoms with E-state index in [1.165, 1.54) is 30.0 Å². The molecule has 1 amide bonds. The zero-order valence-electron chi connectivity index (χ0n) is 14.3. The lowest BCUT2D eigenvalue weighted by molar-refractivity contribution is -0.111. The van der Waals surface area contributed by atoms with Crippen LogP contribution in [-0.2, 0) is 18.9 Å². The Morgan fingerprint density at radius 3 is 2.73 bits per heavy atom. The molecular formula is C18H17N5O3. The van der Waals surface area contributed by atoms with Crippen LogP contribution in [0.3, 0.4) is 0 Å². The van der Waals surface area contributed by atoms with Crippen LogP contribution in [0.15, 0.2) is 64.6 Å². The second-order valence-corrected chi connectivity index (χ2v) is 5.67. The Hall–Kier alpha value is -3.68. The van der Waals surface area contributed by atoms with E-state index in [1.54, 1.807) is 42.3 Å². The molecule has 0 aliphatic rings. The molecule has 0 bridgehead atoms. The molecule has 26 heavy (non-hydrogen) atoms. The average molecular weight is 351 g/mol. The molecule has 0 aliphatic heterocycles. The Labute approximate surface area is 148 Å². The van der Waals surface area contributed by atoms with Crippen LogP contribution in [0.25, 0.3) is 11.8 Å². The molecular weight excluding hydrogens is 334 g/mol. The van der Waals surface area contributed by atoms with Crippen molar-refractivity contribution < 1.29 is 4.79 Å². The maximum atomic E-state index is 12.1. The lowest BCUT2D eigenvalue weighted by Gasteiger charge is -2.06. The second kappa shape index (κ2) is 7.06. The number of rotatable bonds is 4. The maximum Gasteiger partial charge on any atom is 0.330 e. The fourth-order valence-corrected chi connectivity index (χ4v) is 2.45. The zero-order valence-corrected chi connectivity index (χ0v) is 14.3. The van der Waals surface area contributed by atoms with Crippen molar-refractivity contribution in [1.82, 2.24) is 18.9 Å². The van der Waals surface area contributed by atoms with Gasteiger partial charge in [0.1, 0.15) is 0 Å². The summed E-state index contributed by atoms with van der Waals surface area (Å²) in [4.78, 5) is 35.8. The third-order valence-electron chi connectivity index (χ3n) is 3.77. The Balaban J connectivity index is 1.78. The third-order valence-corrected chi connectivity index (χ3v) is 3.77. The van der Waals surface area contributed by atoms with Gasteiger partial charge in [0.05, 0.1) is 11.3 Å². The Kier molecular flexibility index (Phi) is 4.66. The number of aromatic nitrogens is 4. The van der Waals surface area contributed by atoms with Crippen LogP contribution in [0.2, 0.25) is 0 Å². The van der Waals surface area contributed by atoms with Crippen molar-refractivity contribution in [2.24, 2.45) is 14.1 Å². The highest BCUT2D eigenvalue weighted by Gasteiger charge is 2.05. The standard InChI is InChI=1S/C18H17N5O3/c1-21-12-13(17(25)22(2)18(21)26)7-8-16(24)20-14-5-3-6-15(11-14)23-10-4-9-19-23/h3-12H,1-2H3,(H,20,24). The topological polar surface area (TPSA) is 90.9 Å². The van der Waals surface area contributed by atoms with Gasteiger partial charge in [0.25, 0.3) is 5.56 Å². The second-order valence-electron chi connectivity index (χ2n) is 5.67. The minimum atomic E-state index is -0.460. The number of hydrogen-bond acceptors (Lipinski definition) is 4. The molecule has 3 aromatic rings. The Morgan fingerprint density at radius 2 is 2.00 bits per heavy atom. The van der Waals surface area contributed by atoms with Crippen LogP contribution in [-0.4, -0.2) is 24.8 Å². The number of nitrogens with zero attached hydrogens (tertiary/aromatic N) is 4. The van der Waals surface area contributed by atoms with Gasteiger partial charge in [-0.2, -0.15) is 5.10 Å². The molecule has 2 aromatic heterocycles. The van der Waals surface area contributed by atoms with Crippen molar-refractivity contribution in [1.29, 1.82) is 0 Å². The summed E-state index contributed by atoms with van der Waals surface area (Å²) in [5, 5.41) is 6.87. The van der Waals surface area contributed by atoms with Crippen LogP contribution in [0, 0.1) is 0 Å². The number of amides is 1. The molecule has 8 nitrogen and oxygen atoms in total.